The van der Waals surface area contributed by atoms with Crippen LogP contribution in [0.25, 0.3) is 5.69 Å². The van der Waals surface area contributed by atoms with Gasteiger partial charge in [0, 0.05) is 18.5 Å². The highest BCUT2D eigenvalue weighted by atomic mass is 16.1. The van der Waals surface area contributed by atoms with E-state index in [1.165, 1.54) is 43.4 Å². The molecule has 1 heterocycles. The molecule has 0 unspecified atom stereocenters. The van der Waals surface area contributed by atoms with E-state index in [0.717, 1.165) is 42.7 Å². The SMILES string of the molecule is C[C@]12CC[C@H]3[C@@H](CCC4=CC(=O)CC[C@@]43C)[C@@H]1CC[C@@H]2c1ccn(-c2ccc(C#N)cc2)n1. The smallest absolute Gasteiger partial charge is 0.155 e. The molecule has 4 heteroatoms. The summed E-state index contributed by atoms with van der Waals surface area (Å²) < 4.78 is 1.97. The predicted octanol–water partition coefficient (Wildman–Crippen LogP) is 6.36. The van der Waals surface area contributed by atoms with Gasteiger partial charge in [-0.3, -0.25) is 4.79 Å². The fourth-order valence-electron chi connectivity index (χ4n) is 8.40. The van der Waals surface area contributed by atoms with E-state index in [1.54, 1.807) is 0 Å². The average Bonchev–Trinajstić information content (AvgIpc) is 3.44. The van der Waals surface area contributed by atoms with Gasteiger partial charge in [-0.2, -0.15) is 10.4 Å². The van der Waals surface area contributed by atoms with E-state index >= 15 is 0 Å². The van der Waals surface area contributed by atoms with Gasteiger partial charge < -0.3 is 0 Å². The Balaban J connectivity index is 1.27. The first-order chi connectivity index (χ1) is 15.9. The van der Waals surface area contributed by atoms with Gasteiger partial charge in [-0.1, -0.05) is 19.4 Å². The Kier molecular flexibility index (Phi) is 4.70. The minimum absolute atomic E-state index is 0.243. The third-order valence-electron chi connectivity index (χ3n) is 10.2. The lowest BCUT2D eigenvalue weighted by atomic mass is 9.47. The second-order valence-corrected chi connectivity index (χ2v) is 11.5. The quantitative estimate of drug-likeness (QED) is 0.547. The average molecular weight is 440 g/mol. The van der Waals surface area contributed by atoms with Crippen LogP contribution in [-0.4, -0.2) is 15.6 Å². The molecule has 6 rings (SSSR count). The molecule has 0 amide bonds. The van der Waals surface area contributed by atoms with Crippen molar-refractivity contribution in [2.75, 3.05) is 0 Å². The van der Waals surface area contributed by atoms with Gasteiger partial charge >= 0.3 is 0 Å². The van der Waals surface area contributed by atoms with Crippen molar-refractivity contribution in [3.05, 3.63) is 59.4 Å². The van der Waals surface area contributed by atoms with E-state index in [1.807, 2.05) is 35.0 Å². The molecule has 1 aromatic heterocycles. The molecule has 4 nitrogen and oxygen atoms in total. The van der Waals surface area contributed by atoms with E-state index in [2.05, 4.69) is 32.2 Å². The van der Waals surface area contributed by atoms with Crippen molar-refractivity contribution >= 4 is 5.78 Å². The second-order valence-electron chi connectivity index (χ2n) is 11.5. The molecule has 0 N–H and O–H groups in total. The first-order valence-electron chi connectivity index (χ1n) is 12.7. The van der Waals surface area contributed by atoms with E-state index in [4.69, 9.17) is 10.4 Å². The molecule has 33 heavy (non-hydrogen) atoms. The molecule has 1 aromatic carbocycles. The van der Waals surface area contributed by atoms with Gasteiger partial charge in [0.15, 0.2) is 5.78 Å². The van der Waals surface area contributed by atoms with Crippen LogP contribution in [0.1, 0.15) is 82.4 Å². The van der Waals surface area contributed by atoms with E-state index in [0.29, 0.717) is 22.7 Å². The molecule has 4 aliphatic rings. The number of nitrogens with zero attached hydrogens (tertiary/aromatic N) is 3. The van der Waals surface area contributed by atoms with Crippen LogP contribution < -0.4 is 0 Å². The predicted molar refractivity (Wildman–Crippen MR) is 128 cm³/mol. The lowest BCUT2D eigenvalue weighted by molar-refractivity contribution is -0.117. The van der Waals surface area contributed by atoms with Gasteiger partial charge in [0.2, 0.25) is 0 Å². The van der Waals surface area contributed by atoms with Crippen molar-refractivity contribution in [3.8, 4) is 11.8 Å². The van der Waals surface area contributed by atoms with Gasteiger partial charge in [-0.05, 0) is 110 Å². The molecular formula is C29H33N3O. The maximum Gasteiger partial charge on any atom is 0.155 e. The number of benzene rings is 1. The Morgan fingerprint density at radius 2 is 1.82 bits per heavy atom. The van der Waals surface area contributed by atoms with Crippen molar-refractivity contribution in [1.29, 1.82) is 5.26 Å². The number of carbonyl (C=O) groups is 1. The molecule has 0 radical (unpaired) electrons. The Bertz CT molecular complexity index is 1170. The van der Waals surface area contributed by atoms with Crippen LogP contribution in [0.4, 0.5) is 0 Å². The second kappa shape index (κ2) is 7.42. The molecule has 170 valence electrons. The standard InChI is InChI=1S/C29H33N3O/c1-28-14-11-22(33)17-20(28)5-8-23-24-9-10-26(29(24,2)15-12-25(23)28)27-13-16-32(31-27)21-6-3-19(18-30)4-7-21/h3-4,6-7,13,16-17,23-26H,5,8-12,14-15H2,1-2H3/t23-,24-,25-,26+,28-,29-/m0/s1. The van der Waals surface area contributed by atoms with Gasteiger partial charge in [0.25, 0.3) is 0 Å². The molecule has 0 spiro atoms. The number of ketones is 1. The summed E-state index contributed by atoms with van der Waals surface area (Å²) in [5, 5.41) is 14.1. The normalized spacial score (nSPS) is 37.5. The highest BCUT2D eigenvalue weighted by Crippen LogP contribution is 2.68. The Morgan fingerprint density at radius 1 is 1.00 bits per heavy atom. The molecule has 2 aromatic rings. The van der Waals surface area contributed by atoms with Gasteiger partial charge in [-0.15, -0.1) is 0 Å². The fourth-order valence-corrected chi connectivity index (χ4v) is 8.40. The van der Waals surface area contributed by atoms with E-state index in [9.17, 15) is 4.79 Å². The van der Waals surface area contributed by atoms with Gasteiger partial charge in [0.05, 0.1) is 23.0 Å². The van der Waals surface area contributed by atoms with Crippen LogP contribution >= 0.6 is 0 Å². The zero-order chi connectivity index (χ0) is 22.8. The molecule has 4 aliphatic carbocycles. The Hall–Kier alpha value is -2.67. The first-order valence-corrected chi connectivity index (χ1v) is 12.7. The van der Waals surface area contributed by atoms with Crippen LogP contribution in [0.3, 0.4) is 0 Å². The topological polar surface area (TPSA) is 58.7 Å². The number of hydrogen-bond donors (Lipinski definition) is 0. The molecule has 6 atom stereocenters. The maximum absolute atomic E-state index is 12.1. The molecule has 3 saturated carbocycles. The van der Waals surface area contributed by atoms with Crippen molar-refractivity contribution in [3.63, 3.8) is 0 Å². The number of carbonyl (C=O) groups excluding carboxylic acids is 1. The number of hydrogen-bond acceptors (Lipinski definition) is 3. The van der Waals surface area contributed by atoms with Crippen LogP contribution in [0.2, 0.25) is 0 Å². The minimum Gasteiger partial charge on any atom is -0.295 e. The maximum atomic E-state index is 12.1. The highest BCUT2D eigenvalue weighted by molar-refractivity contribution is 5.91. The summed E-state index contributed by atoms with van der Waals surface area (Å²) in [6, 6.07) is 12.1. The lowest BCUT2D eigenvalue weighted by Gasteiger charge is -2.58. The summed E-state index contributed by atoms with van der Waals surface area (Å²) in [6.45, 7) is 5.01. The summed E-state index contributed by atoms with van der Waals surface area (Å²) in [7, 11) is 0. The van der Waals surface area contributed by atoms with Crippen molar-refractivity contribution in [2.24, 2.45) is 28.6 Å². The molecule has 0 saturated heterocycles. The van der Waals surface area contributed by atoms with Crippen LogP contribution in [0.15, 0.2) is 48.2 Å². The highest BCUT2D eigenvalue weighted by Gasteiger charge is 2.59. The Morgan fingerprint density at radius 3 is 2.61 bits per heavy atom. The van der Waals surface area contributed by atoms with Crippen LogP contribution in [0, 0.1) is 39.9 Å². The van der Waals surface area contributed by atoms with E-state index in [-0.39, 0.29) is 5.41 Å². The van der Waals surface area contributed by atoms with Gasteiger partial charge in [-0.25, -0.2) is 4.68 Å². The van der Waals surface area contributed by atoms with Crippen molar-refractivity contribution < 1.29 is 4.79 Å². The summed E-state index contributed by atoms with van der Waals surface area (Å²) in [6.07, 6.45) is 13.3. The summed E-state index contributed by atoms with van der Waals surface area (Å²) in [5.74, 6) is 3.14. The number of rotatable bonds is 2. The minimum atomic E-state index is 0.243. The fraction of sp³-hybridized carbons (Fsp3) is 0.552. The lowest BCUT2D eigenvalue weighted by Crippen LogP contribution is -2.50. The number of nitriles is 1. The zero-order valence-electron chi connectivity index (χ0n) is 19.8. The van der Waals surface area contributed by atoms with Crippen molar-refractivity contribution in [1.82, 2.24) is 9.78 Å². The van der Waals surface area contributed by atoms with Gasteiger partial charge in [0.1, 0.15) is 0 Å². The zero-order valence-corrected chi connectivity index (χ0v) is 19.8. The van der Waals surface area contributed by atoms with Crippen LogP contribution in [-0.2, 0) is 4.79 Å². The summed E-state index contributed by atoms with van der Waals surface area (Å²) in [5.41, 5.74) is 4.93. The molecule has 3 fully saturated rings. The molecular weight excluding hydrogens is 406 g/mol. The summed E-state index contributed by atoms with van der Waals surface area (Å²) in [4.78, 5) is 12.1. The third-order valence-corrected chi connectivity index (χ3v) is 10.2. The largest absolute Gasteiger partial charge is 0.295 e. The molecule has 0 bridgehead atoms. The number of aromatic nitrogens is 2. The number of fused-ring (bicyclic) bond motifs is 5. The molecule has 0 aliphatic heterocycles. The van der Waals surface area contributed by atoms with Crippen molar-refractivity contribution in [2.45, 2.75) is 71.1 Å². The monoisotopic (exact) mass is 439 g/mol. The summed E-state index contributed by atoms with van der Waals surface area (Å²) >= 11 is 0. The van der Waals surface area contributed by atoms with E-state index < -0.39 is 0 Å². The third kappa shape index (κ3) is 3.08. The Labute approximate surface area is 196 Å². The van der Waals surface area contributed by atoms with Crippen LogP contribution in [0.5, 0.6) is 0 Å². The number of allylic oxidation sites excluding steroid dienone is 1. The first kappa shape index (κ1) is 20.9.